The number of benzene rings is 1. The lowest BCUT2D eigenvalue weighted by atomic mass is 9.99. The number of rotatable bonds is 4. The molecular formula is C14H11F2NO2. The van der Waals surface area contributed by atoms with E-state index in [2.05, 4.69) is 9.72 Å². The van der Waals surface area contributed by atoms with Crippen molar-refractivity contribution in [1.82, 2.24) is 4.98 Å². The lowest BCUT2D eigenvalue weighted by molar-refractivity contribution is -0.0503. The van der Waals surface area contributed by atoms with Gasteiger partial charge in [-0.1, -0.05) is 12.1 Å². The minimum atomic E-state index is -2.91. The molecule has 0 aliphatic carbocycles. The molecule has 0 radical (unpaired) electrons. The topological polar surface area (TPSA) is 39.2 Å². The van der Waals surface area contributed by atoms with Gasteiger partial charge in [0.25, 0.3) is 0 Å². The van der Waals surface area contributed by atoms with Gasteiger partial charge >= 0.3 is 6.61 Å². The fourth-order valence-corrected chi connectivity index (χ4v) is 1.74. The van der Waals surface area contributed by atoms with Crippen LogP contribution < -0.4 is 4.74 Å². The molecule has 0 unspecified atom stereocenters. The maximum atomic E-state index is 12.2. The number of pyridine rings is 1. The zero-order valence-electron chi connectivity index (χ0n) is 10.1. The van der Waals surface area contributed by atoms with Gasteiger partial charge in [-0.25, -0.2) is 0 Å². The van der Waals surface area contributed by atoms with Crippen molar-refractivity contribution in [3.8, 4) is 5.75 Å². The lowest BCUT2D eigenvalue weighted by Crippen LogP contribution is -2.08. The number of aromatic nitrogens is 1. The molecule has 0 amide bonds. The Morgan fingerprint density at radius 1 is 1.21 bits per heavy atom. The maximum absolute atomic E-state index is 12.2. The highest BCUT2D eigenvalue weighted by atomic mass is 19.3. The molecule has 2 rings (SSSR count). The molecular weight excluding hydrogens is 252 g/mol. The van der Waals surface area contributed by atoms with Crippen LogP contribution in [0.15, 0.2) is 42.7 Å². The molecule has 0 spiro atoms. The molecule has 0 aliphatic rings. The van der Waals surface area contributed by atoms with Crippen LogP contribution in [0.5, 0.6) is 5.75 Å². The Balaban J connectivity index is 2.38. The minimum absolute atomic E-state index is 0.00917. The van der Waals surface area contributed by atoms with Gasteiger partial charge in [0.1, 0.15) is 5.75 Å². The molecule has 0 fully saturated rings. The van der Waals surface area contributed by atoms with Crippen molar-refractivity contribution >= 4 is 5.78 Å². The van der Waals surface area contributed by atoms with Gasteiger partial charge in [-0.2, -0.15) is 8.78 Å². The molecule has 2 aromatic rings. The van der Waals surface area contributed by atoms with Crippen LogP contribution in [0.3, 0.4) is 0 Å². The quantitative estimate of drug-likeness (QED) is 0.795. The van der Waals surface area contributed by atoms with E-state index in [1.807, 2.05) is 0 Å². The van der Waals surface area contributed by atoms with E-state index in [1.165, 1.54) is 24.5 Å². The fourth-order valence-electron chi connectivity index (χ4n) is 1.74. The number of ketones is 1. The number of hydrogen-bond donors (Lipinski definition) is 0. The standard InChI is InChI=1S/C14H11F2NO2/c1-9-11(3-2-4-12(9)19-14(15)16)13(18)10-5-7-17-8-6-10/h2-8,14H,1H3. The van der Waals surface area contributed by atoms with E-state index in [0.29, 0.717) is 16.7 Å². The van der Waals surface area contributed by atoms with Crippen LogP contribution in [-0.2, 0) is 0 Å². The molecule has 19 heavy (non-hydrogen) atoms. The number of halogens is 2. The van der Waals surface area contributed by atoms with E-state index in [-0.39, 0.29) is 11.5 Å². The van der Waals surface area contributed by atoms with Crippen LogP contribution in [0, 0.1) is 6.92 Å². The predicted octanol–water partition coefficient (Wildman–Crippen LogP) is 3.22. The van der Waals surface area contributed by atoms with Crippen molar-refractivity contribution in [3.05, 3.63) is 59.4 Å². The molecule has 0 saturated heterocycles. The summed E-state index contributed by atoms with van der Waals surface area (Å²) < 4.78 is 28.9. The van der Waals surface area contributed by atoms with Crippen molar-refractivity contribution in [3.63, 3.8) is 0 Å². The van der Waals surface area contributed by atoms with Gasteiger partial charge in [0.15, 0.2) is 5.78 Å². The molecule has 0 N–H and O–H groups in total. The second-order valence-corrected chi connectivity index (χ2v) is 3.87. The summed E-state index contributed by atoms with van der Waals surface area (Å²) in [7, 11) is 0. The molecule has 3 nitrogen and oxygen atoms in total. The largest absolute Gasteiger partial charge is 0.435 e. The number of carbonyl (C=O) groups is 1. The third-order valence-electron chi connectivity index (χ3n) is 2.69. The number of hydrogen-bond acceptors (Lipinski definition) is 3. The summed E-state index contributed by atoms with van der Waals surface area (Å²) in [5, 5.41) is 0. The summed E-state index contributed by atoms with van der Waals surface area (Å²) in [6, 6.07) is 7.64. The Labute approximate surface area is 108 Å². The molecule has 1 heterocycles. The van der Waals surface area contributed by atoms with E-state index >= 15 is 0 Å². The van der Waals surface area contributed by atoms with Gasteiger partial charge in [-0.3, -0.25) is 9.78 Å². The Kier molecular flexibility index (Phi) is 3.85. The normalized spacial score (nSPS) is 10.5. The average Bonchev–Trinajstić information content (AvgIpc) is 2.41. The van der Waals surface area contributed by atoms with Crippen molar-refractivity contribution in [2.75, 3.05) is 0 Å². The first-order valence-corrected chi connectivity index (χ1v) is 5.58. The second kappa shape index (κ2) is 5.56. The van der Waals surface area contributed by atoms with Crippen molar-refractivity contribution in [1.29, 1.82) is 0 Å². The van der Waals surface area contributed by atoms with E-state index in [0.717, 1.165) is 0 Å². The SMILES string of the molecule is Cc1c(OC(F)F)cccc1C(=O)c1ccncc1. The van der Waals surface area contributed by atoms with Crippen LogP contribution >= 0.6 is 0 Å². The van der Waals surface area contributed by atoms with Gasteiger partial charge < -0.3 is 4.74 Å². The summed E-state index contributed by atoms with van der Waals surface area (Å²) in [5.41, 5.74) is 1.18. The smallest absolute Gasteiger partial charge is 0.387 e. The van der Waals surface area contributed by atoms with Gasteiger partial charge in [0, 0.05) is 29.1 Å². The predicted molar refractivity (Wildman–Crippen MR) is 65.5 cm³/mol. The molecule has 1 aromatic carbocycles. The van der Waals surface area contributed by atoms with E-state index in [4.69, 9.17) is 0 Å². The lowest BCUT2D eigenvalue weighted by Gasteiger charge is -2.11. The summed E-state index contributed by atoms with van der Waals surface area (Å²) in [6.45, 7) is -1.34. The Bertz CT molecular complexity index is 585. The van der Waals surface area contributed by atoms with Crippen molar-refractivity contribution in [2.24, 2.45) is 0 Å². The van der Waals surface area contributed by atoms with Crippen molar-refractivity contribution < 1.29 is 18.3 Å². The molecule has 0 bridgehead atoms. The van der Waals surface area contributed by atoms with Crippen LogP contribution in [0.2, 0.25) is 0 Å². The monoisotopic (exact) mass is 263 g/mol. The molecule has 98 valence electrons. The van der Waals surface area contributed by atoms with Crippen LogP contribution in [0.25, 0.3) is 0 Å². The molecule has 0 aliphatic heterocycles. The minimum Gasteiger partial charge on any atom is -0.435 e. The molecule has 0 atom stereocenters. The molecule has 1 aromatic heterocycles. The maximum Gasteiger partial charge on any atom is 0.387 e. The zero-order valence-corrected chi connectivity index (χ0v) is 10.1. The number of alkyl halides is 2. The zero-order chi connectivity index (χ0) is 13.8. The summed E-state index contributed by atoms with van der Waals surface area (Å²) >= 11 is 0. The van der Waals surface area contributed by atoms with Crippen LogP contribution in [-0.4, -0.2) is 17.4 Å². The van der Waals surface area contributed by atoms with Gasteiger partial charge in [-0.05, 0) is 25.1 Å². The highest BCUT2D eigenvalue weighted by Crippen LogP contribution is 2.24. The summed E-state index contributed by atoms with van der Waals surface area (Å²) in [6.07, 6.45) is 3.00. The highest BCUT2D eigenvalue weighted by Gasteiger charge is 2.16. The van der Waals surface area contributed by atoms with Crippen LogP contribution in [0.1, 0.15) is 21.5 Å². The van der Waals surface area contributed by atoms with E-state index in [9.17, 15) is 13.6 Å². The Morgan fingerprint density at radius 3 is 2.53 bits per heavy atom. The van der Waals surface area contributed by atoms with E-state index in [1.54, 1.807) is 25.1 Å². The fraction of sp³-hybridized carbons (Fsp3) is 0.143. The third-order valence-corrected chi connectivity index (χ3v) is 2.69. The summed E-state index contributed by atoms with van der Waals surface area (Å²) in [4.78, 5) is 16.1. The first-order chi connectivity index (χ1) is 9.09. The molecule has 5 heteroatoms. The second-order valence-electron chi connectivity index (χ2n) is 3.87. The Morgan fingerprint density at radius 2 is 1.89 bits per heavy atom. The average molecular weight is 263 g/mol. The van der Waals surface area contributed by atoms with Gasteiger partial charge in [0.05, 0.1) is 0 Å². The van der Waals surface area contributed by atoms with Crippen LogP contribution in [0.4, 0.5) is 8.78 Å². The first-order valence-electron chi connectivity index (χ1n) is 5.58. The first kappa shape index (κ1) is 13.1. The van der Waals surface area contributed by atoms with Gasteiger partial charge in [0.2, 0.25) is 0 Å². The Hall–Kier alpha value is -2.30. The number of nitrogens with zero attached hydrogens (tertiary/aromatic N) is 1. The molecule has 0 saturated carbocycles. The van der Waals surface area contributed by atoms with E-state index < -0.39 is 6.61 Å². The number of carbonyl (C=O) groups excluding carboxylic acids is 1. The summed E-state index contributed by atoms with van der Waals surface area (Å²) in [5.74, 6) is -0.241. The van der Waals surface area contributed by atoms with Crippen molar-refractivity contribution in [2.45, 2.75) is 13.5 Å². The third kappa shape index (κ3) is 2.93. The highest BCUT2D eigenvalue weighted by molar-refractivity contribution is 6.10. The van der Waals surface area contributed by atoms with Gasteiger partial charge in [-0.15, -0.1) is 0 Å². The number of ether oxygens (including phenoxy) is 1.